The van der Waals surface area contributed by atoms with E-state index in [1.165, 1.54) is 29.0 Å². The molecule has 1 aliphatic heterocycles. The van der Waals surface area contributed by atoms with Crippen molar-refractivity contribution in [1.29, 1.82) is 0 Å². The van der Waals surface area contributed by atoms with Crippen molar-refractivity contribution in [2.45, 2.75) is 74.8 Å². The van der Waals surface area contributed by atoms with Crippen molar-refractivity contribution >= 4 is 28.9 Å². The number of rotatable bonds is 13. The number of benzene rings is 3. The first-order chi connectivity index (χ1) is 28.1. The molecule has 0 spiro atoms. The number of imidazole rings is 1. The second-order valence-corrected chi connectivity index (χ2v) is 14.9. The third-order valence-electron chi connectivity index (χ3n) is 11.1. The Morgan fingerprint density at radius 1 is 0.897 bits per heavy atom. The van der Waals surface area contributed by atoms with Crippen LogP contribution in [-0.2, 0) is 22.7 Å². The van der Waals surface area contributed by atoms with Crippen molar-refractivity contribution < 1.29 is 32.9 Å². The maximum Gasteiger partial charge on any atom is 0.490 e. The molecule has 4 N–H and O–H groups in total. The molecule has 2 fully saturated rings. The summed E-state index contributed by atoms with van der Waals surface area (Å²) >= 11 is 0. The lowest BCUT2D eigenvalue weighted by Crippen LogP contribution is -2.39. The van der Waals surface area contributed by atoms with Crippen LogP contribution in [0.2, 0.25) is 0 Å². The molecular formula is C42H44F3N9O4. The van der Waals surface area contributed by atoms with E-state index >= 15 is 0 Å². The first-order valence-corrected chi connectivity index (χ1v) is 19.4. The van der Waals surface area contributed by atoms with Gasteiger partial charge in [-0.1, -0.05) is 91.0 Å². The van der Waals surface area contributed by atoms with Gasteiger partial charge in [-0.25, -0.2) is 9.78 Å². The highest BCUT2D eigenvalue weighted by molar-refractivity contribution is 5.84. The first kappa shape index (κ1) is 39.0. The summed E-state index contributed by atoms with van der Waals surface area (Å²) in [6, 6.07) is 28.6. The van der Waals surface area contributed by atoms with Crippen LogP contribution in [0.15, 0.2) is 110 Å². The van der Waals surface area contributed by atoms with Gasteiger partial charge in [-0.05, 0) is 36.0 Å². The monoisotopic (exact) mass is 795 g/mol. The highest BCUT2D eigenvalue weighted by atomic mass is 19.4. The van der Waals surface area contributed by atoms with Crippen LogP contribution in [0.3, 0.4) is 0 Å². The zero-order valence-corrected chi connectivity index (χ0v) is 31.5. The summed E-state index contributed by atoms with van der Waals surface area (Å²) in [7, 11) is 0. The molecule has 2 aliphatic rings. The Hall–Kier alpha value is -5.84. The molecule has 8 rings (SSSR count). The van der Waals surface area contributed by atoms with E-state index in [0.717, 1.165) is 43.6 Å². The number of ether oxygens (including phenoxy) is 1. The number of likely N-dealkylation sites (tertiary alicyclic amines) is 1. The predicted molar refractivity (Wildman–Crippen MR) is 210 cm³/mol. The molecule has 13 nitrogen and oxygen atoms in total. The maximum absolute atomic E-state index is 13.6. The van der Waals surface area contributed by atoms with Crippen LogP contribution in [0.4, 0.5) is 24.9 Å². The van der Waals surface area contributed by atoms with Gasteiger partial charge in [-0.2, -0.15) is 28.2 Å². The van der Waals surface area contributed by atoms with Crippen LogP contribution < -0.4 is 10.6 Å². The van der Waals surface area contributed by atoms with Gasteiger partial charge in [0.15, 0.2) is 23.1 Å². The van der Waals surface area contributed by atoms with Crippen LogP contribution in [-0.4, -0.2) is 94.4 Å². The van der Waals surface area contributed by atoms with Crippen molar-refractivity contribution in [3.63, 3.8) is 0 Å². The van der Waals surface area contributed by atoms with Gasteiger partial charge in [0.1, 0.15) is 6.10 Å². The number of aromatic nitrogens is 6. The van der Waals surface area contributed by atoms with E-state index < -0.39 is 36.4 Å². The fraction of sp³-hybridized carbons (Fsp3) is 0.357. The molecule has 1 saturated carbocycles. The van der Waals surface area contributed by atoms with Crippen LogP contribution >= 0.6 is 0 Å². The molecule has 4 atom stereocenters. The summed E-state index contributed by atoms with van der Waals surface area (Å²) < 4.78 is 48.8. The van der Waals surface area contributed by atoms with Crippen molar-refractivity contribution in [3.8, 4) is 0 Å². The van der Waals surface area contributed by atoms with E-state index in [2.05, 4.69) is 62.0 Å². The summed E-state index contributed by atoms with van der Waals surface area (Å²) in [4.78, 5) is 29.2. The topological polar surface area (TPSA) is 155 Å². The Kier molecular flexibility index (Phi) is 11.4. The molecule has 0 radical (unpaired) electrons. The molecule has 3 aromatic heterocycles. The van der Waals surface area contributed by atoms with Gasteiger partial charge in [0.2, 0.25) is 5.95 Å². The number of anilines is 2. The molecule has 58 heavy (non-hydrogen) atoms. The van der Waals surface area contributed by atoms with Crippen molar-refractivity contribution in [1.82, 2.24) is 34.2 Å². The third kappa shape index (κ3) is 8.54. The average Bonchev–Trinajstić information content (AvgIpc) is 3.97. The lowest BCUT2D eigenvalue weighted by Gasteiger charge is -2.32. The molecule has 4 heterocycles. The van der Waals surface area contributed by atoms with Crippen molar-refractivity contribution in [2.75, 3.05) is 30.3 Å². The second-order valence-electron chi connectivity index (χ2n) is 14.9. The van der Waals surface area contributed by atoms with Crippen molar-refractivity contribution in [2.24, 2.45) is 0 Å². The summed E-state index contributed by atoms with van der Waals surface area (Å²) in [6.07, 6.45) is -2.54. The highest BCUT2D eigenvalue weighted by Gasteiger charge is 2.51. The Bertz CT molecular complexity index is 2240. The van der Waals surface area contributed by atoms with E-state index in [4.69, 9.17) is 14.7 Å². The molecule has 3 aromatic carbocycles. The number of alkyl halides is 3. The molecule has 1 saturated heterocycles. The smallest absolute Gasteiger partial charge is 0.451 e. The lowest BCUT2D eigenvalue weighted by molar-refractivity contribution is -0.210. The van der Waals surface area contributed by atoms with Gasteiger partial charge in [-0.3, -0.25) is 9.58 Å². The summed E-state index contributed by atoms with van der Waals surface area (Å²) in [6.45, 7) is 2.66. The number of hydrogen-bond donors (Lipinski definition) is 4. The number of nitrogens with one attached hydrogen (secondary N) is 2. The average molecular weight is 796 g/mol. The number of hydrogen-bond acceptors (Lipinski definition) is 11. The molecule has 16 heteroatoms. The fourth-order valence-electron chi connectivity index (χ4n) is 8.09. The SMILES string of the molecule is O=C(O[C@H]1[C@H](n2cnc3c(NCC(c4ccccc4)c4ccccc4)nc(NC4CCN(Cc5ccccc5)CC4)nc32)CC(n2cc(CO)cn2)[C@@H]1O)C(F)(F)F. The van der Waals surface area contributed by atoms with Gasteiger partial charge >= 0.3 is 12.1 Å². The van der Waals surface area contributed by atoms with Crippen LogP contribution in [0.25, 0.3) is 11.2 Å². The van der Waals surface area contributed by atoms with E-state index in [-0.39, 0.29) is 30.6 Å². The van der Waals surface area contributed by atoms with E-state index in [1.807, 2.05) is 54.6 Å². The summed E-state index contributed by atoms with van der Waals surface area (Å²) in [5, 5.41) is 32.4. The van der Waals surface area contributed by atoms with Crippen molar-refractivity contribution in [3.05, 3.63) is 132 Å². The predicted octanol–water partition coefficient (Wildman–Crippen LogP) is 5.86. The number of fused-ring (bicyclic) bond motifs is 1. The first-order valence-electron chi connectivity index (χ1n) is 19.4. The van der Waals surface area contributed by atoms with E-state index in [1.54, 1.807) is 4.57 Å². The van der Waals surface area contributed by atoms with Gasteiger partial charge in [0.25, 0.3) is 0 Å². The molecule has 6 aromatic rings. The number of piperidine rings is 1. The summed E-state index contributed by atoms with van der Waals surface area (Å²) in [5.41, 5.74) is 4.49. The van der Waals surface area contributed by atoms with Gasteiger partial charge in [0.05, 0.1) is 31.2 Å². The van der Waals surface area contributed by atoms with Crippen LogP contribution in [0.1, 0.15) is 59.5 Å². The molecule has 0 bridgehead atoms. The lowest BCUT2D eigenvalue weighted by atomic mass is 9.91. The van der Waals surface area contributed by atoms with E-state index in [0.29, 0.717) is 29.4 Å². The molecule has 1 unspecified atom stereocenters. The molecular weight excluding hydrogens is 752 g/mol. The number of halogens is 3. The number of nitrogens with zero attached hydrogens (tertiary/aromatic N) is 7. The number of esters is 1. The number of carbonyl (C=O) groups excluding carboxylic acids is 1. The maximum atomic E-state index is 13.6. The number of aliphatic hydroxyl groups is 2. The Labute approximate surface area is 332 Å². The second kappa shape index (κ2) is 16.9. The van der Waals surface area contributed by atoms with E-state index in [9.17, 15) is 28.2 Å². The van der Waals surface area contributed by atoms with Crippen LogP contribution in [0.5, 0.6) is 0 Å². The van der Waals surface area contributed by atoms with Gasteiger partial charge in [0, 0.05) is 49.9 Å². The van der Waals surface area contributed by atoms with Crippen LogP contribution in [0, 0.1) is 0 Å². The minimum absolute atomic E-state index is 0.00840. The Morgan fingerprint density at radius 2 is 1.55 bits per heavy atom. The highest BCUT2D eigenvalue weighted by Crippen LogP contribution is 2.43. The normalized spacial score (nSPS) is 20.4. The minimum atomic E-state index is -5.30. The fourth-order valence-corrected chi connectivity index (χ4v) is 8.09. The zero-order valence-electron chi connectivity index (χ0n) is 31.5. The number of carbonyl (C=O) groups is 1. The quantitative estimate of drug-likeness (QED) is 0.104. The Balaban J connectivity index is 1.13. The third-order valence-corrected chi connectivity index (χ3v) is 11.1. The van der Waals surface area contributed by atoms with Gasteiger partial charge < -0.3 is 30.2 Å². The minimum Gasteiger partial charge on any atom is -0.451 e. The molecule has 1 aliphatic carbocycles. The molecule has 302 valence electrons. The van der Waals surface area contributed by atoms with Gasteiger partial charge in [-0.15, -0.1) is 0 Å². The standard InChI is InChI=1S/C42H44F3N9O4/c43-42(44,45)40(57)58-37-34(20-33(36(37)56)54-24-28(25-55)21-48-54)53-26-47-35-38(46-22-32(29-12-6-2-7-13-29)30-14-8-3-9-15-30)50-41(51-39(35)53)49-31-16-18-52(19-17-31)23-27-10-4-1-5-11-27/h1-15,21,24,26,31-34,36-37,55-56H,16-20,22-23,25H2,(H2,46,49,50,51)/t33?,34-,36+,37+/m1/s1. The molecule has 0 amide bonds. The summed E-state index contributed by atoms with van der Waals surface area (Å²) in [5.74, 6) is -1.79. The largest absolute Gasteiger partial charge is 0.490 e. The number of aliphatic hydroxyl groups excluding tert-OH is 2. The Morgan fingerprint density at radius 3 is 2.17 bits per heavy atom. The zero-order chi connectivity index (χ0) is 40.2.